The number of ether oxygens (including phenoxy) is 1. The Morgan fingerprint density at radius 3 is 2.83 bits per heavy atom. The molecule has 130 valence electrons. The van der Waals surface area contributed by atoms with Gasteiger partial charge in [-0.05, 0) is 25.8 Å². The Morgan fingerprint density at radius 2 is 2.21 bits per heavy atom. The third kappa shape index (κ3) is 3.31. The van der Waals surface area contributed by atoms with Crippen molar-refractivity contribution < 1.29 is 13.9 Å². The van der Waals surface area contributed by atoms with E-state index in [1.807, 2.05) is 18.9 Å². The summed E-state index contributed by atoms with van der Waals surface area (Å²) in [5.74, 6) is 0.847. The Kier molecular flexibility index (Phi) is 4.89. The number of likely N-dealkylation sites (tertiary alicyclic amines) is 1. The molecule has 2 aromatic heterocycles. The predicted molar refractivity (Wildman–Crippen MR) is 89.0 cm³/mol. The molecule has 1 aliphatic rings. The summed E-state index contributed by atoms with van der Waals surface area (Å²) in [6.07, 6.45) is 4.91. The van der Waals surface area contributed by atoms with Crippen LogP contribution in [0.15, 0.2) is 23.0 Å². The Labute approximate surface area is 141 Å². The molecule has 3 heterocycles. The predicted octanol–water partition coefficient (Wildman–Crippen LogP) is 1.72. The average Bonchev–Trinajstić information content (AvgIpc) is 3.20. The highest BCUT2D eigenvalue weighted by atomic mass is 16.5. The standard InChI is InChI=1S/C17H24N4O3/c1-12-15(17(23-3)20(2)19-12)10-18-14-4-7-21(8-5-14)16(22)13-6-9-24-11-13/h6,9,11,14,18H,4-5,7-8,10H2,1-3H3. The highest BCUT2D eigenvalue weighted by molar-refractivity contribution is 5.93. The third-order valence-corrected chi connectivity index (χ3v) is 4.60. The molecule has 0 atom stereocenters. The first-order valence-corrected chi connectivity index (χ1v) is 8.21. The van der Waals surface area contributed by atoms with Crippen LogP contribution in [0.3, 0.4) is 0 Å². The van der Waals surface area contributed by atoms with Gasteiger partial charge < -0.3 is 19.4 Å². The van der Waals surface area contributed by atoms with Crippen LogP contribution < -0.4 is 10.1 Å². The van der Waals surface area contributed by atoms with Gasteiger partial charge in [0, 0.05) is 32.7 Å². The number of methoxy groups -OCH3 is 1. The molecule has 0 saturated carbocycles. The van der Waals surface area contributed by atoms with Crippen molar-refractivity contribution in [3.8, 4) is 5.88 Å². The number of aromatic nitrogens is 2. The van der Waals surface area contributed by atoms with Crippen LogP contribution in [0.2, 0.25) is 0 Å². The fourth-order valence-corrected chi connectivity index (χ4v) is 3.24. The van der Waals surface area contributed by atoms with Gasteiger partial charge in [-0.2, -0.15) is 5.10 Å². The summed E-state index contributed by atoms with van der Waals surface area (Å²) in [6.45, 7) is 4.23. The maximum Gasteiger partial charge on any atom is 0.257 e. The molecule has 1 amide bonds. The second-order valence-corrected chi connectivity index (χ2v) is 6.16. The van der Waals surface area contributed by atoms with E-state index in [0.29, 0.717) is 11.6 Å². The second-order valence-electron chi connectivity index (χ2n) is 6.16. The van der Waals surface area contributed by atoms with Gasteiger partial charge in [0.15, 0.2) is 0 Å². The first kappa shape index (κ1) is 16.6. The van der Waals surface area contributed by atoms with Crippen LogP contribution in [0.25, 0.3) is 0 Å². The summed E-state index contributed by atoms with van der Waals surface area (Å²) in [7, 11) is 3.55. The number of nitrogens with zero attached hydrogens (tertiary/aromatic N) is 3. The van der Waals surface area contributed by atoms with Crippen LogP contribution in [-0.4, -0.2) is 46.8 Å². The van der Waals surface area contributed by atoms with Crippen LogP contribution in [-0.2, 0) is 13.6 Å². The molecule has 1 aliphatic heterocycles. The van der Waals surface area contributed by atoms with Crippen LogP contribution >= 0.6 is 0 Å². The molecular weight excluding hydrogens is 308 g/mol. The van der Waals surface area contributed by atoms with Gasteiger partial charge in [0.2, 0.25) is 5.88 Å². The summed E-state index contributed by atoms with van der Waals surface area (Å²) < 4.78 is 12.2. The normalized spacial score (nSPS) is 15.7. The van der Waals surface area contributed by atoms with Gasteiger partial charge in [-0.15, -0.1) is 0 Å². The number of amides is 1. The fraction of sp³-hybridized carbons (Fsp3) is 0.529. The number of nitrogens with one attached hydrogen (secondary N) is 1. The van der Waals surface area contributed by atoms with Crippen molar-refractivity contribution in [3.05, 3.63) is 35.4 Å². The highest BCUT2D eigenvalue weighted by Gasteiger charge is 2.24. The van der Waals surface area contributed by atoms with E-state index >= 15 is 0 Å². The zero-order valence-electron chi connectivity index (χ0n) is 14.4. The minimum atomic E-state index is 0.0481. The van der Waals surface area contributed by atoms with E-state index in [1.165, 1.54) is 12.5 Å². The number of rotatable bonds is 5. The lowest BCUT2D eigenvalue weighted by Gasteiger charge is -2.32. The van der Waals surface area contributed by atoms with Crippen molar-refractivity contribution in [1.29, 1.82) is 0 Å². The number of hydrogen-bond acceptors (Lipinski definition) is 5. The van der Waals surface area contributed by atoms with Crippen molar-refractivity contribution in [2.24, 2.45) is 7.05 Å². The summed E-state index contributed by atoms with van der Waals surface area (Å²) in [5, 5.41) is 7.97. The van der Waals surface area contributed by atoms with Crippen molar-refractivity contribution in [2.75, 3.05) is 20.2 Å². The van der Waals surface area contributed by atoms with Crippen LogP contribution in [0.5, 0.6) is 5.88 Å². The van der Waals surface area contributed by atoms with Crippen molar-refractivity contribution in [2.45, 2.75) is 32.4 Å². The van der Waals surface area contributed by atoms with E-state index in [2.05, 4.69) is 10.4 Å². The molecule has 0 aromatic carbocycles. The number of piperidine rings is 1. The summed E-state index contributed by atoms with van der Waals surface area (Å²) in [5.41, 5.74) is 2.70. The summed E-state index contributed by atoms with van der Waals surface area (Å²) in [4.78, 5) is 14.2. The number of carbonyl (C=O) groups excluding carboxylic acids is 1. The molecule has 7 heteroatoms. The Hall–Kier alpha value is -2.28. The van der Waals surface area contributed by atoms with E-state index in [9.17, 15) is 4.79 Å². The van der Waals surface area contributed by atoms with E-state index in [4.69, 9.17) is 9.15 Å². The number of furan rings is 1. The van der Waals surface area contributed by atoms with Crippen LogP contribution in [0.4, 0.5) is 0 Å². The Balaban J connectivity index is 1.52. The number of hydrogen-bond donors (Lipinski definition) is 1. The molecular formula is C17H24N4O3. The van der Waals surface area contributed by atoms with Crippen LogP contribution in [0, 0.1) is 6.92 Å². The smallest absolute Gasteiger partial charge is 0.257 e. The van der Waals surface area contributed by atoms with E-state index in [1.54, 1.807) is 17.9 Å². The van der Waals surface area contributed by atoms with Gasteiger partial charge in [0.05, 0.1) is 30.2 Å². The van der Waals surface area contributed by atoms with Gasteiger partial charge in [-0.3, -0.25) is 4.79 Å². The lowest BCUT2D eigenvalue weighted by Crippen LogP contribution is -2.44. The zero-order chi connectivity index (χ0) is 17.1. The van der Waals surface area contributed by atoms with Gasteiger partial charge in [0.25, 0.3) is 5.91 Å². The molecule has 1 N–H and O–H groups in total. The van der Waals surface area contributed by atoms with Crippen LogP contribution in [0.1, 0.15) is 34.5 Å². The van der Waals surface area contributed by atoms with Gasteiger partial charge >= 0.3 is 0 Å². The van der Waals surface area contributed by atoms with Crippen molar-refractivity contribution in [3.63, 3.8) is 0 Å². The molecule has 7 nitrogen and oxygen atoms in total. The first-order valence-electron chi connectivity index (χ1n) is 8.21. The highest BCUT2D eigenvalue weighted by Crippen LogP contribution is 2.21. The molecule has 1 fully saturated rings. The maximum atomic E-state index is 12.3. The number of carbonyl (C=O) groups is 1. The molecule has 0 bridgehead atoms. The monoisotopic (exact) mass is 332 g/mol. The average molecular weight is 332 g/mol. The quantitative estimate of drug-likeness (QED) is 0.903. The summed E-state index contributed by atoms with van der Waals surface area (Å²) >= 11 is 0. The molecule has 0 radical (unpaired) electrons. The molecule has 0 unspecified atom stereocenters. The lowest BCUT2D eigenvalue weighted by atomic mass is 10.0. The number of aryl methyl sites for hydroxylation is 2. The largest absolute Gasteiger partial charge is 0.481 e. The summed E-state index contributed by atoms with van der Waals surface area (Å²) in [6, 6.07) is 2.10. The second kappa shape index (κ2) is 7.09. The molecule has 1 saturated heterocycles. The molecule has 24 heavy (non-hydrogen) atoms. The fourth-order valence-electron chi connectivity index (χ4n) is 3.24. The third-order valence-electron chi connectivity index (χ3n) is 4.60. The molecule has 2 aromatic rings. The van der Waals surface area contributed by atoms with Gasteiger partial charge in [-0.25, -0.2) is 4.68 Å². The molecule has 3 rings (SSSR count). The minimum Gasteiger partial charge on any atom is -0.481 e. The minimum absolute atomic E-state index is 0.0481. The van der Waals surface area contributed by atoms with Gasteiger partial charge in [0.1, 0.15) is 6.26 Å². The van der Waals surface area contributed by atoms with Crippen molar-refractivity contribution >= 4 is 5.91 Å². The molecule has 0 aliphatic carbocycles. The van der Waals surface area contributed by atoms with Crippen molar-refractivity contribution in [1.82, 2.24) is 20.0 Å². The molecule has 0 spiro atoms. The van der Waals surface area contributed by atoms with E-state index < -0.39 is 0 Å². The van der Waals surface area contributed by atoms with E-state index in [-0.39, 0.29) is 5.91 Å². The topological polar surface area (TPSA) is 72.5 Å². The maximum absolute atomic E-state index is 12.3. The first-order chi connectivity index (χ1) is 11.6. The Bertz CT molecular complexity index is 685. The van der Waals surface area contributed by atoms with E-state index in [0.717, 1.165) is 49.6 Å². The Morgan fingerprint density at radius 1 is 1.46 bits per heavy atom. The van der Waals surface area contributed by atoms with Gasteiger partial charge in [-0.1, -0.05) is 0 Å². The zero-order valence-corrected chi connectivity index (χ0v) is 14.4. The lowest BCUT2D eigenvalue weighted by molar-refractivity contribution is 0.0704. The SMILES string of the molecule is COc1c(CNC2CCN(C(=O)c3ccoc3)CC2)c(C)nn1C.